The van der Waals surface area contributed by atoms with Crippen LogP contribution in [0, 0.1) is 5.41 Å². The van der Waals surface area contributed by atoms with Crippen molar-refractivity contribution in [3.63, 3.8) is 0 Å². The van der Waals surface area contributed by atoms with Crippen LogP contribution in [0.2, 0.25) is 0 Å². The molecule has 0 fully saturated rings. The maximum Gasteiger partial charge on any atom is 0.220 e. The van der Waals surface area contributed by atoms with Gasteiger partial charge in [0.05, 0.1) is 0 Å². The summed E-state index contributed by atoms with van der Waals surface area (Å²) in [6.45, 7) is 7.22. The van der Waals surface area contributed by atoms with Gasteiger partial charge in [0.25, 0.3) is 0 Å². The number of ketones is 1. The number of pyridine rings is 1. The standard InChI is InChI=1S/C16H24N2O2/c1-16(2,3)9-5-11-18-15(20)8-7-14(19)13-6-4-10-17-12-13/h4,6,10,12H,5,7-9,11H2,1-3H3,(H,18,20). The fourth-order valence-electron chi connectivity index (χ4n) is 1.83. The van der Waals surface area contributed by atoms with Crippen molar-refractivity contribution in [3.05, 3.63) is 30.1 Å². The summed E-state index contributed by atoms with van der Waals surface area (Å²) in [6, 6.07) is 3.44. The molecule has 1 aromatic rings. The van der Waals surface area contributed by atoms with Gasteiger partial charge in [-0.15, -0.1) is 0 Å². The van der Waals surface area contributed by atoms with E-state index in [1.807, 2.05) is 0 Å². The van der Waals surface area contributed by atoms with Gasteiger partial charge in [-0.25, -0.2) is 0 Å². The Hall–Kier alpha value is -1.71. The van der Waals surface area contributed by atoms with Crippen LogP contribution in [0.15, 0.2) is 24.5 Å². The maximum atomic E-state index is 11.8. The number of nitrogens with one attached hydrogen (secondary N) is 1. The number of carbonyl (C=O) groups excluding carboxylic acids is 2. The van der Waals surface area contributed by atoms with Crippen LogP contribution in [0.3, 0.4) is 0 Å². The third-order valence-corrected chi connectivity index (χ3v) is 2.99. The molecule has 0 spiro atoms. The number of nitrogens with zero attached hydrogens (tertiary/aromatic N) is 1. The van der Waals surface area contributed by atoms with E-state index in [1.165, 1.54) is 6.20 Å². The molecule has 1 aromatic heterocycles. The molecule has 0 saturated carbocycles. The molecule has 0 bridgehead atoms. The molecule has 1 amide bonds. The summed E-state index contributed by atoms with van der Waals surface area (Å²) in [4.78, 5) is 27.3. The van der Waals surface area contributed by atoms with E-state index in [2.05, 4.69) is 31.1 Å². The molecule has 110 valence electrons. The number of amides is 1. The minimum Gasteiger partial charge on any atom is -0.356 e. The van der Waals surface area contributed by atoms with E-state index in [1.54, 1.807) is 18.3 Å². The Morgan fingerprint density at radius 2 is 2.00 bits per heavy atom. The smallest absolute Gasteiger partial charge is 0.220 e. The Morgan fingerprint density at radius 1 is 1.25 bits per heavy atom. The van der Waals surface area contributed by atoms with E-state index in [0.717, 1.165) is 12.8 Å². The summed E-state index contributed by atoms with van der Waals surface area (Å²) >= 11 is 0. The molecule has 0 aliphatic rings. The first-order chi connectivity index (χ1) is 9.38. The van der Waals surface area contributed by atoms with Crippen LogP contribution in [-0.4, -0.2) is 23.2 Å². The lowest BCUT2D eigenvalue weighted by molar-refractivity contribution is -0.121. The monoisotopic (exact) mass is 276 g/mol. The Morgan fingerprint density at radius 3 is 2.60 bits per heavy atom. The van der Waals surface area contributed by atoms with Crippen molar-refractivity contribution in [2.24, 2.45) is 5.41 Å². The summed E-state index contributed by atoms with van der Waals surface area (Å²) in [6.07, 6.45) is 5.66. The molecule has 0 unspecified atom stereocenters. The predicted molar refractivity (Wildman–Crippen MR) is 79.5 cm³/mol. The fourth-order valence-corrected chi connectivity index (χ4v) is 1.83. The van der Waals surface area contributed by atoms with E-state index >= 15 is 0 Å². The highest BCUT2D eigenvalue weighted by atomic mass is 16.2. The van der Waals surface area contributed by atoms with Gasteiger partial charge in [0.2, 0.25) is 5.91 Å². The molecule has 0 aliphatic carbocycles. The number of hydrogen-bond acceptors (Lipinski definition) is 3. The van der Waals surface area contributed by atoms with E-state index in [-0.39, 0.29) is 24.5 Å². The van der Waals surface area contributed by atoms with Crippen LogP contribution in [0.1, 0.15) is 56.8 Å². The number of Topliss-reactive ketones (excluding diaryl/α,β-unsaturated/α-hetero) is 1. The van der Waals surface area contributed by atoms with Crippen molar-refractivity contribution < 1.29 is 9.59 Å². The summed E-state index contributed by atoms with van der Waals surface area (Å²) in [5.74, 6) is -0.0981. The summed E-state index contributed by atoms with van der Waals surface area (Å²) in [5.41, 5.74) is 0.856. The van der Waals surface area contributed by atoms with Crippen molar-refractivity contribution in [2.75, 3.05) is 6.54 Å². The second kappa shape index (κ2) is 7.78. The Bertz CT molecular complexity index is 436. The van der Waals surface area contributed by atoms with Crippen LogP contribution in [0.4, 0.5) is 0 Å². The molecule has 20 heavy (non-hydrogen) atoms. The number of aromatic nitrogens is 1. The topological polar surface area (TPSA) is 59.1 Å². The highest BCUT2D eigenvalue weighted by molar-refractivity contribution is 5.97. The quantitative estimate of drug-likeness (QED) is 0.615. The Kier molecular flexibility index (Phi) is 6.36. The molecule has 4 nitrogen and oxygen atoms in total. The Balaban J connectivity index is 2.19. The number of hydrogen-bond donors (Lipinski definition) is 1. The van der Waals surface area contributed by atoms with E-state index in [9.17, 15) is 9.59 Å². The first-order valence-electron chi connectivity index (χ1n) is 7.08. The molecular formula is C16H24N2O2. The normalized spacial score (nSPS) is 11.2. The summed E-state index contributed by atoms with van der Waals surface area (Å²) < 4.78 is 0. The highest BCUT2D eigenvalue weighted by Crippen LogP contribution is 2.19. The van der Waals surface area contributed by atoms with Crippen molar-refractivity contribution >= 4 is 11.7 Å². The van der Waals surface area contributed by atoms with E-state index in [0.29, 0.717) is 17.5 Å². The van der Waals surface area contributed by atoms with Crippen LogP contribution >= 0.6 is 0 Å². The van der Waals surface area contributed by atoms with Gasteiger partial charge in [0, 0.05) is 37.3 Å². The molecule has 0 radical (unpaired) electrons. The Labute approximate surface area is 121 Å². The minimum atomic E-state index is -0.0591. The molecule has 0 aliphatic heterocycles. The lowest BCUT2D eigenvalue weighted by atomic mass is 9.91. The minimum absolute atomic E-state index is 0.0389. The van der Waals surface area contributed by atoms with Gasteiger partial charge in [-0.1, -0.05) is 20.8 Å². The van der Waals surface area contributed by atoms with E-state index < -0.39 is 0 Å². The fraction of sp³-hybridized carbons (Fsp3) is 0.562. The van der Waals surface area contributed by atoms with Crippen LogP contribution in [0.5, 0.6) is 0 Å². The highest BCUT2D eigenvalue weighted by Gasteiger charge is 2.11. The van der Waals surface area contributed by atoms with Gasteiger partial charge >= 0.3 is 0 Å². The van der Waals surface area contributed by atoms with Crippen molar-refractivity contribution in [1.29, 1.82) is 0 Å². The average molecular weight is 276 g/mol. The van der Waals surface area contributed by atoms with Gasteiger partial charge in [-0.05, 0) is 30.4 Å². The zero-order valence-electron chi connectivity index (χ0n) is 12.6. The zero-order valence-corrected chi connectivity index (χ0v) is 12.6. The molecule has 1 rings (SSSR count). The maximum absolute atomic E-state index is 11.8. The largest absolute Gasteiger partial charge is 0.356 e. The lowest BCUT2D eigenvalue weighted by Crippen LogP contribution is -2.25. The molecule has 0 aromatic carbocycles. The second-order valence-corrected chi connectivity index (χ2v) is 6.18. The SMILES string of the molecule is CC(C)(C)CCCNC(=O)CCC(=O)c1cccnc1. The molecule has 1 N–H and O–H groups in total. The van der Waals surface area contributed by atoms with Gasteiger partial charge in [-0.2, -0.15) is 0 Å². The van der Waals surface area contributed by atoms with Gasteiger partial charge in [0.1, 0.15) is 0 Å². The van der Waals surface area contributed by atoms with Crippen LogP contribution in [-0.2, 0) is 4.79 Å². The molecule has 0 atom stereocenters. The zero-order chi connectivity index (χ0) is 15.0. The molecule has 0 saturated heterocycles. The second-order valence-electron chi connectivity index (χ2n) is 6.18. The first kappa shape index (κ1) is 16.3. The lowest BCUT2D eigenvalue weighted by Gasteiger charge is -2.17. The van der Waals surface area contributed by atoms with Crippen molar-refractivity contribution in [2.45, 2.75) is 46.5 Å². The summed E-state index contributed by atoms with van der Waals surface area (Å²) in [5, 5.41) is 2.86. The molecule has 4 heteroatoms. The van der Waals surface area contributed by atoms with Crippen molar-refractivity contribution in [1.82, 2.24) is 10.3 Å². The third-order valence-electron chi connectivity index (χ3n) is 2.99. The first-order valence-corrected chi connectivity index (χ1v) is 7.08. The number of carbonyl (C=O) groups is 2. The van der Waals surface area contributed by atoms with E-state index in [4.69, 9.17) is 0 Å². The summed E-state index contributed by atoms with van der Waals surface area (Å²) in [7, 11) is 0. The van der Waals surface area contributed by atoms with Crippen molar-refractivity contribution in [3.8, 4) is 0 Å². The predicted octanol–water partition coefficient (Wildman–Crippen LogP) is 2.99. The van der Waals surface area contributed by atoms with Gasteiger partial charge in [0.15, 0.2) is 5.78 Å². The average Bonchev–Trinajstić information content (AvgIpc) is 2.41. The van der Waals surface area contributed by atoms with Gasteiger partial charge in [-0.3, -0.25) is 14.6 Å². The van der Waals surface area contributed by atoms with Crippen LogP contribution in [0.25, 0.3) is 0 Å². The molecule has 1 heterocycles. The van der Waals surface area contributed by atoms with Gasteiger partial charge < -0.3 is 5.32 Å². The van der Waals surface area contributed by atoms with Crippen LogP contribution < -0.4 is 5.32 Å². The molecular weight excluding hydrogens is 252 g/mol. The number of rotatable bonds is 7. The third kappa shape index (κ3) is 7.02.